The van der Waals surface area contributed by atoms with Crippen molar-refractivity contribution >= 4 is 26.6 Å². The van der Waals surface area contributed by atoms with Crippen molar-refractivity contribution in [2.75, 3.05) is 0 Å². The van der Waals surface area contributed by atoms with Crippen molar-refractivity contribution < 1.29 is 0 Å². The first kappa shape index (κ1) is 6.40. The highest BCUT2D eigenvalue weighted by molar-refractivity contribution is 6.37. The smallest absolute Gasteiger partial charge is 0.141 e. The van der Waals surface area contributed by atoms with Crippen LogP contribution in [0.15, 0.2) is 12.3 Å². The normalized spacial score (nSPS) is 9.44. The summed E-state index contributed by atoms with van der Waals surface area (Å²) in [5, 5.41) is 0. The second-order valence-electron chi connectivity index (χ2n) is 2.41. The van der Waals surface area contributed by atoms with Gasteiger partial charge in [0, 0.05) is 11.9 Å². The number of rotatable bonds is 0. The molecular formula is C6H9B2N. The van der Waals surface area contributed by atoms with Crippen LogP contribution in [0.2, 0.25) is 0 Å². The fourth-order valence-corrected chi connectivity index (χ4v) is 0.784. The van der Waals surface area contributed by atoms with E-state index in [2.05, 4.69) is 26.7 Å². The lowest BCUT2D eigenvalue weighted by atomic mass is 9.88. The van der Waals surface area contributed by atoms with Gasteiger partial charge in [0.2, 0.25) is 0 Å². The molecule has 0 atom stereocenters. The molecule has 0 bridgehead atoms. The van der Waals surface area contributed by atoms with Gasteiger partial charge >= 0.3 is 0 Å². The van der Waals surface area contributed by atoms with Crippen LogP contribution in [0.5, 0.6) is 0 Å². The van der Waals surface area contributed by atoms with Gasteiger partial charge in [-0.3, -0.25) is 4.98 Å². The third-order valence-electron chi connectivity index (χ3n) is 1.48. The summed E-state index contributed by atoms with van der Waals surface area (Å²) >= 11 is 0. The first-order chi connectivity index (χ1) is 4.20. The van der Waals surface area contributed by atoms with E-state index in [1.165, 1.54) is 10.9 Å². The molecule has 0 aliphatic rings. The van der Waals surface area contributed by atoms with Crippen LogP contribution in [-0.2, 0) is 0 Å². The van der Waals surface area contributed by atoms with E-state index in [4.69, 9.17) is 0 Å². The van der Waals surface area contributed by atoms with Crippen molar-refractivity contribution in [2.24, 2.45) is 0 Å². The van der Waals surface area contributed by atoms with Crippen LogP contribution < -0.4 is 10.9 Å². The first-order valence-corrected chi connectivity index (χ1v) is 3.10. The highest BCUT2D eigenvalue weighted by atomic mass is 14.7. The Morgan fingerprint density at radius 1 is 1.44 bits per heavy atom. The van der Waals surface area contributed by atoms with E-state index in [0.717, 1.165) is 5.69 Å². The number of hydrogen-bond acceptors (Lipinski definition) is 1. The van der Waals surface area contributed by atoms with Crippen LogP contribution in [0, 0.1) is 6.92 Å². The maximum absolute atomic E-state index is 4.18. The van der Waals surface area contributed by atoms with E-state index in [0.29, 0.717) is 0 Å². The molecule has 0 saturated carbocycles. The first-order valence-electron chi connectivity index (χ1n) is 3.10. The zero-order valence-corrected chi connectivity index (χ0v) is 6.10. The van der Waals surface area contributed by atoms with Gasteiger partial charge in [0.1, 0.15) is 15.7 Å². The third-order valence-corrected chi connectivity index (χ3v) is 1.48. The van der Waals surface area contributed by atoms with E-state index in [1.54, 1.807) is 0 Å². The van der Waals surface area contributed by atoms with Crippen molar-refractivity contribution in [2.45, 2.75) is 6.92 Å². The molecule has 0 amide bonds. The molecule has 44 valence electrons. The maximum atomic E-state index is 4.18. The fourth-order valence-electron chi connectivity index (χ4n) is 0.784. The molecule has 1 aromatic heterocycles. The summed E-state index contributed by atoms with van der Waals surface area (Å²) in [5.41, 5.74) is 3.63. The summed E-state index contributed by atoms with van der Waals surface area (Å²) < 4.78 is 0. The number of nitrogens with zero attached hydrogens (tertiary/aromatic N) is 1. The lowest BCUT2D eigenvalue weighted by Gasteiger charge is -1.97. The highest BCUT2D eigenvalue weighted by Gasteiger charge is 1.90. The average Bonchev–Trinajstić information content (AvgIpc) is 1.80. The van der Waals surface area contributed by atoms with E-state index in [9.17, 15) is 0 Å². The largest absolute Gasteiger partial charge is 0.263 e. The molecule has 1 rings (SSSR count). The molecule has 0 radical (unpaired) electrons. The van der Waals surface area contributed by atoms with Crippen LogP contribution in [0.25, 0.3) is 0 Å². The monoisotopic (exact) mass is 117 g/mol. The van der Waals surface area contributed by atoms with Gasteiger partial charge in [-0.15, -0.1) is 0 Å². The Hall–Kier alpha value is -0.720. The molecule has 0 fully saturated rings. The Kier molecular flexibility index (Phi) is 1.60. The van der Waals surface area contributed by atoms with Crippen LogP contribution in [0.3, 0.4) is 0 Å². The molecule has 9 heavy (non-hydrogen) atoms. The maximum Gasteiger partial charge on any atom is 0.141 e. The fraction of sp³-hybridized carbons (Fsp3) is 0.167. The second kappa shape index (κ2) is 2.26. The average molecular weight is 117 g/mol. The molecule has 0 spiro atoms. The molecule has 0 saturated heterocycles. The topological polar surface area (TPSA) is 12.9 Å². The van der Waals surface area contributed by atoms with E-state index in [-0.39, 0.29) is 0 Å². The van der Waals surface area contributed by atoms with Crippen molar-refractivity contribution in [3.63, 3.8) is 0 Å². The van der Waals surface area contributed by atoms with Crippen molar-refractivity contribution in [3.8, 4) is 0 Å². The van der Waals surface area contributed by atoms with Crippen molar-refractivity contribution in [1.29, 1.82) is 0 Å². The summed E-state index contributed by atoms with van der Waals surface area (Å²) in [6, 6.07) is 2.14. The Morgan fingerprint density at radius 2 is 2.11 bits per heavy atom. The van der Waals surface area contributed by atoms with E-state index >= 15 is 0 Å². The number of pyridine rings is 1. The summed E-state index contributed by atoms with van der Waals surface area (Å²) in [6.07, 6.45) is 1.89. The quantitative estimate of drug-likeness (QED) is 0.355. The van der Waals surface area contributed by atoms with Gasteiger partial charge in [0.05, 0.1) is 0 Å². The summed E-state index contributed by atoms with van der Waals surface area (Å²) in [5.74, 6) is 0. The van der Waals surface area contributed by atoms with Crippen LogP contribution in [0.4, 0.5) is 0 Å². The molecule has 0 unspecified atom stereocenters. The zero-order valence-electron chi connectivity index (χ0n) is 6.10. The van der Waals surface area contributed by atoms with E-state index < -0.39 is 0 Å². The highest BCUT2D eigenvalue weighted by Crippen LogP contribution is 1.79. The van der Waals surface area contributed by atoms with Gasteiger partial charge in [-0.05, 0) is 6.92 Å². The summed E-state index contributed by atoms with van der Waals surface area (Å²) in [7, 11) is 4.13. The van der Waals surface area contributed by atoms with Gasteiger partial charge in [-0.2, -0.15) is 0 Å². The molecule has 0 aliphatic heterocycles. The standard InChI is InChI=1S/C6H9B2N/c1-4-6(8)2-5(7)3-9-4/h2-3H,7-8H2,1H3. The number of aromatic nitrogens is 1. The molecule has 0 aliphatic carbocycles. The van der Waals surface area contributed by atoms with Gasteiger partial charge in [0.25, 0.3) is 0 Å². The molecule has 3 heteroatoms. The van der Waals surface area contributed by atoms with E-state index in [1.807, 2.05) is 13.1 Å². The minimum atomic E-state index is 1.13. The van der Waals surface area contributed by atoms with Gasteiger partial charge in [-0.1, -0.05) is 17.0 Å². The SMILES string of the molecule is Bc1cnc(C)c(B)c1. The number of aryl methyl sites for hydroxylation is 1. The predicted octanol–water partition coefficient (Wildman–Crippen LogP) is -2.09. The Balaban J connectivity index is 3.17. The van der Waals surface area contributed by atoms with Crippen LogP contribution >= 0.6 is 0 Å². The molecule has 0 N–H and O–H groups in total. The molecule has 0 aromatic carbocycles. The minimum absolute atomic E-state index is 1.13. The van der Waals surface area contributed by atoms with Crippen molar-refractivity contribution in [3.05, 3.63) is 18.0 Å². The molecule has 1 aromatic rings. The van der Waals surface area contributed by atoms with Crippen LogP contribution in [-0.4, -0.2) is 20.7 Å². The third kappa shape index (κ3) is 1.35. The Morgan fingerprint density at radius 3 is 2.56 bits per heavy atom. The predicted molar refractivity (Wildman–Crippen MR) is 45.3 cm³/mol. The Bertz CT molecular complexity index is 222. The number of hydrogen-bond donors (Lipinski definition) is 0. The van der Waals surface area contributed by atoms with Gasteiger partial charge in [0.15, 0.2) is 0 Å². The minimum Gasteiger partial charge on any atom is -0.263 e. The lowest BCUT2D eigenvalue weighted by Crippen LogP contribution is -2.17. The summed E-state index contributed by atoms with van der Waals surface area (Å²) in [6.45, 7) is 2.02. The second-order valence-corrected chi connectivity index (χ2v) is 2.41. The van der Waals surface area contributed by atoms with Crippen LogP contribution in [0.1, 0.15) is 5.69 Å². The van der Waals surface area contributed by atoms with Gasteiger partial charge in [-0.25, -0.2) is 0 Å². The van der Waals surface area contributed by atoms with Gasteiger partial charge < -0.3 is 0 Å². The lowest BCUT2D eigenvalue weighted by molar-refractivity contribution is 1.24. The summed E-state index contributed by atoms with van der Waals surface area (Å²) in [4.78, 5) is 4.18. The van der Waals surface area contributed by atoms with Crippen molar-refractivity contribution in [1.82, 2.24) is 4.98 Å². The molecule has 1 nitrogen and oxygen atoms in total. The zero-order chi connectivity index (χ0) is 6.85. The Labute approximate surface area is 57.3 Å². The molecule has 1 heterocycles. The molecular weight excluding hydrogens is 108 g/mol.